The summed E-state index contributed by atoms with van der Waals surface area (Å²) in [7, 11) is 0. The van der Waals surface area contributed by atoms with Gasteiger partial charge in [-0.15, -0.1) is 0 Å². The van der Waals surface area contributed by atoms with E-state index in [4.69, 9.17) is 4.74 Å². The van der Waals surface area contributed by atoms with Gasteiger partial charge in [0.2, 0.25) is 0 Å². The Morgan fingerprint density at radius 1 is 1.20 bits per heavy atom. The molecule has 2 aromatic rings. The van der Waals surface area contributed by atoms with E-state index in [2.05, 4.69) is 47.1 Å². The number of hydrogen-bond acceptors (Lipinski definition) is 5. The molecule has 0 amide bonds. The second-order valence-corrected chi connectivity index (χ2v) is 5.80. The molecule has 0 unspecified atom stereocenters. The number of benzene rings is 1. The van der Waals surface area contributed by atoms with Crippen molar-refractivity contribution < 1.29 is 9.37 Å². The van der Waals surface area contributed by atoms with Crippen LogP contribution < -0.4 is 10.1 Å². The van der Waals surface area contributed by atoms with E-state index in [1.54, 1.807) is 0 Å². The lowest BCUT2D eigenvalue weighted by Crippen LogP contribution is -2.35. The molecule has 20 heavy (non-hydrogen) atoms. The number of hydrogen-bond donors (Lipinski definition) is 1. The summed E-state index contributed by atoms with van der Waals surface area (Å²) in [5.74, 6) is 0.853. The Morgan fingerprint density at radius 3 is 2.60 bits per heavy atom. The van der Waals surface area contributed by atoms with Gasteiger partial charge < -0.3 is 10.1 Å². The van der Waals surface area contributed by atoms with Crippen LogP contribution in [0.25, 0.3) is 0 Å². The molecule has 0 aliphatic heterocycles. The topological polar surface area (TPSA) is 60.2 Å². The van der Waals surface area contributed by atoms with Crippen molar-refractivity contribution in [3.63, 3.8) is 0 Å². The summed E-state index contributed by atoms with van der Waals surface area (Å²) in [5, 5.41) is 11.0. The molecule has 5 heteroatoms. The molecule has 0 spiro atoms. The minimum Gasteiger partial charge on any atom is -0.487 e. The second-order valence-electron chi connectivity index (χ2n) is 5.80. The van der Waals surface area contributed by atoms with Gasteiger partial charge in [-0.3, -0.25) is 0 Å². The summed E-state index contributed by atoms with van der Waals surface area (Å²) in [5.41, 5.74) is 2.68. The Morgan fingerprint density at radius 2 is 1.95 bits per heavy atom. The van der Waals surface area contributed by atoms with Crippen LogP contribution in [0.5, 0.6) is 5.75 Å². The third-order valence-electron chi connectivity index (χ3n) is 2.89. The molecular formula is C15H21N3O2. The van der Waals surface area contributed by atoms with Gasteiger partial charge >= 0.3 is 0 Å². The lowest BCUT2D eigenvalue weighted by molar-refractivity contribution is 0.267. The Balaban J connectivity index is 2.02. The monoisotopic (exact) mass is 275 g/mol. The Labute approximate surface area is 119 Å². The molecule has 1 heterocycles. The molecule has 1 aromatic heterocycles. The van der Waals surface area contributed by atoms with Crippen molar-refractivity contribution in [1.29, 1.82) is 0 Å². The number of aromatic nitrogens is 2. The highest BCUT2D eigenvalue weighted by Crippen LogP contribution is 2.20. The number of nitrogens with zero attached hydrogens (tertiary/aromatic N) is 2. The summed E-state index contributed by atoms with van der Waals surface area (Å²) in [6, 6.07) is 7.99. The maximum atomic E-state index is 5.83. The molecule has 1 aromatic carbocycles. The van der Waals surface area contributed by atoms with Crippen molar-refractivity contribution >= 4 is 0 Å². The lowest BCUT2D eigenvalue weighted by Gasteiger charge is -2.21. The van der Waals surface area contributed by atoms with Crippen LogP contribution in [0.1, 0.15) is 37.7 Å². The second kappa shape index (κ2) is 6.05. The van der Waals surface area contributed by atoms with Crippen LogP contribution in [0, 0.1) is 6.92 Å². The molecule has 0 radical (unpaired) electrons. The number of para-hydroxylation sites is 1. The largest absolute Gasteiger partial charge is 0.487 e. The van der Waals surface area contributed by atoms with Gasteiger partial charge in [-0.1, -0.05) is 28.5 Å². The van der Waals surface area contributed by atoms with Crippen LogP contribution in [0.3, 0.4) is 0 Å². The first-order valence-electron chi connectivity index (χ1n) is 6.69. The van der Waals surface area contributed by atoms with E-state index in [1.807, 2.05) is 25.1 Å². The van der Waals surface area contributed by atoms with Gasteiger partial charge in [-0.25, -0.2) is 4.63 Å². The molecule has 5 nitrogen and oxygen atoms in total. The van der Waals surface area contributed by atoms with E-state index in [0.717, 1.165) is 29.2 Å². The molecule has 0 saturated heterocycles. The van der Waals surface area contributed by atoms with Crippen molar-refractivity contribution in [1.82, 2.24) is 15.6 Å². The Kier molecular flexibility index (Phi) is 4.39. The smallest absolute Gasteiger partial charge is 0.145 e. The molecule has 0 atom stereocenters. The van der Waals surface area contributed by atoms with Gasteiger partial charge in [0, 0.05) is 17.6 Å². The normalized spacial score (nSPS) is 11.6. The minimum absolute atomic E-state index is 0.0692. The van der Waals surface area contributed by atoms with Crippen molar-refractivity contribution in [3.8, 4) is 5.75 Å². The highest BCUT2D eigenvalue weighted by molar-refractivity contribution is 5.33. The quantitative estimate of drug-likeness (QED) is 0.909. The fourth-order valence-corrected chi connectivity index (χ4v) is 1.68. The van der Waals surface area contributed by atoms with E-state index in [1.165, 1.54) is 0 Å². The van der Waals surface area contributed by atoms with Crippen LogP contribution in [0.2, 0.25) is 0 Å². The Hall–Kier alpha value is -1.88. The van der Waals surface area contributed by atoms with Gasteiger partial charge in [-0.2, -0.15) is 0 Å². The predicted molar refractivity (Wildman–Crippen MR) is 76.4 cm³/mol. The van der Waals surface area contributed by atoms with Gasteiger partial charge in [0.25, 0.3) is 0 Å². The molecule has 108 valence electrons. The average molecular weight is 275 g/mol. The zero-order valence-corrected chi connectivity index (χ0v) is 12.4. The van der Waals surface area contributed by atoms with E-state index in [0.29, 0.717) is 6.61 Å². The van der Waals surface area contributed by atoms with Crippen molar-refractivity contribution in [2.75, 3.05) is 0 Å². The number of rotatable bonds is 5. The first-order chi connectivity index (χ1) is 9.46. The predicted octanol–water partition coefficient (Wildman–Crippen LogP) is 2.85. The summed E-state index contributed by atoms with van der Waals surface area (Å²) in [6.45, 7) is 9.39. The van der Waals surface area contributed by atoms with Gasteiger partial charge in [0.05, 0.1) is 0 Å². The minimum atomic E-state index is 0.0692. The first-order valence-corrected chi connectivity index (χ1v) is 6.69. The zero-order valence-electron chi connectivity index (χ0n) is 12.4. The average Bonchev–Trinajstić information content (AvgIpc) is 2.79. The fourth-order valence-electron chi connectivity index (χ4n) is 1.68. The maximum absolute atomic E-state index is 5.83. The SMILES string of the molecule is Cc1nonc1COc1ccccc1CNC(C)(C)C. The van der Waals surface area contributed by atoms with E-state index in [-0.39, 0.29) is 5.54 Å². The summed E-state index contributed by atoms with van der Waals surface area (Å²) in [6.07, 6.45) is 0. The maximum Gasteiger partial charge on any atom is 0.145 e. The molecular weight excluding hydrogens is 254 g/mol. The van der Waals surface area contributed by atoms with Gasteiger partial charge in [0.15, 0.2) is 0 Å². The lowest BCUT2D eigenvalue weighted by atomic mass is 10.1. The summed E-state index contributed by atoms with van der Waals surface area (Å²) < 4.78 is 10.5. The fraction of sp³-hybridized carbons (Fsp3) is 0.467. The molecule has 0 bridgehead atoms. The third-order valence-corrected chi connectivity index (χ3v) is 2.89. The Bertz CT molecular complexity index is 558. The third kappa shape index (κ3) is 4.06. The molecule has 2 rings (SSSR count). The molecule has 0 aliphatic carbocycles. The first kappa shape index (κ1) is 14.5. The molecule has 1 N–H and O–H groups in total. The highest BCUT2D eigenvalue weighted by atomic mass is 16.6. The standard InChI is InChI=1S/C15H21N3O2/c1-11-13(18-20-17-11)10-19-14-8-6-5-7-12(14)9-16-15(2,3)4/h5-8,16H,9-10H2,1-4H3. The van der Waals surface area contributed by atoms with Crippen LogP contribution in [-0.4, -0.2) is 15.9 Å². The molecule has 0 aliphatic rings. The number of aryl methyl sites for hydroxylation is 1. The van der Waals surface area contributed by atoms with Gasteiger partial charge in [-0.05, 0) is 33.8 Å². The van der Waals surface area contributed by atoms with Crippen LogP contribution >= 0.6 is 0 Å². The van der Waals surface area contributed by atoms with Crippen molar-refractivity contribution in [2.45, 2.75) is 46.4 Å². The highest BCUT2D eigenvalue weighted by Gasteiger charge is 2.12. The van der Waals surface area contributed by atoms with Crippen molar-refractivity contribution in [3.05, 3.63) is 41.2 Å². The molecule has 0 saturated carbocycles. The van der Waals surface area contributed by atoms with Crippen LogP contribution in [0.15, 0.2) is 28.9 Å². The summed E-state index contributed by atoms with van der Waals surface area (Å²) >= 11 is 0. The van der Waals surface area contributed by atoms with E-state index >= 15 is 0 Å². The number of nitrogens with one attached hydrogen (secondary N) is 1. The molecule has 0 fully saturated rings. The van der Waals surface area contributed by atoms with E-state index < -0.39 is 0 Å². The van der Waals surface area contributed by atoms with Crippen molar-refractivity contribution in [2.24, 2.45) is 0 Å². The number of ether oxygens (including phenoxy) is 1. The van der Waals surface area contributed by atoms with Gasteiger partial charge in [0.1, 0.15) is 23.7 Å². The van der Waals surface area contributed by atoms with Crippen LogP contribution in [0.4, 0.5) is 0 Å². The van der Waals surface area contributed by atoms with E-state index in [9.17, 15) is 0 Å². The van der Waals surface area contributed by atoms with Crippen LogP contribution in [-0.2, 0) is 13.2 Å². The zero-order chi connectivity index (χ0) is 14.6. The summed E-state index contributed by atoms with van der Waals surface area (Å²) in [4.78, 5) is 0.